The van der Waals surface area contributed by atoms with Gasteiger partial charge in [0.05, 0.1) is 35.4 Å². The van der Waals surface area contributed by atoms with E-state index in [0.717, 1.165) is 21.9 Å². The largest absolute Gasteiger partial charge is 0.508 e. The summed E-state index contributed by atoms with van der Waals surface area (Å²) in [5.74, 6) is -4.04. The summed E-state index contributed by atoms with van der Waals surface area (Å²) in [5.41, 5.74) is 1.60. The van der Waals surface area contributed by atoms with Crippen LogP contribution in [-0.2, 0) is 25.7 Å². The van der Waals surface area contributed by atoms with Crippen LogP contribution in [0, 0.1) is 29.1 Å². The first kappa shape index (κ1) is 27.5. The van der Waals surface area contributed by atoms with Crippen molar-refractivity contribution in [3.63, 3.8) is 0 Å². The maximum absolute atomic E-state index is 14.6. The standard InChI is InChI=1S/C38H32N2O5/c1-38-29(35(43)40(37(38)45)24-13-6-3-7-14-24)20-28-26(33(38)32-25-15-9-8-12-23(25)16-19-30(32)41)17-18-27-31(28)36(44)39(34(27)42)21-22-10-4-2-5-11-22/h2-17,19,27-29,31,33,41H,18,20-21H2,1H3. The second-order valence-corrected chi connectivity index (χ2v) is 13.0. The van der Waals surface area contributed by atoms with Gasteiger partial charge in [0.1, 0.15) is 5.75 Å². The van der Waals surface area contributed by atoms with Crippen molar-refractivity contribution in [2.24, 2.45) is 29.1 Å². The maximum Gasteiger partial charge on any atom is 0.241 e. The number of carbonyl (C=O) groups excluding carboxylic acids is 4. The summed E-state index contributed by atoms with van der Waals surface area (Å²) < 4.78 is 0. The highest BCUT2D eigenvalue weighted by molar-refractivity contribution is 6.24. The molecule has 0 radical (unpaired) electrons. The summed E-state index contributed by atoms with van der Waals surface area (Å²) in [4.78, 5) is 59.6. The number of allylic oxidation sites excluding steroid dienone is 2. The lowest BCUT2D eigenvalue weighted by Gasteiger charge is -2.49. The lowest BCUT2D eigenvalue weighted by atomic mass is 9.51. The van der Waals surface area contributed by atoms with Crippen molar-refractivity contribution in [2.45, 2.75) is 32.2 Å². The molecule has 2 aliphatic carbocycles. The van der Waals surface area contributed by atoms with Gasteiger partial charge in [-0.2, -0.15) is 0 Å². The molecule has 1 saturated carbocycles. The number of hydrogen-bond donors (Lipinski definition) is 1. The fourth-order valence-electron chi connectivity index (χ4n) is 8.72. The highest BCUT2D eigenvalue weighted by Gasteiger charge is 2.68. The van der Waals surface area contributed by atoms with Gasteiger partial charge in [-0.25, -0.2) is 4.90 Å². The van der Waals surface area contributed by atoms with Crippen molar-refractivity contribution >= 4 is 40.1 Å². The Balaban J connectivity index is 1.30. The van der Waals surface area contributed by atoms with E-state index in [4.69, 9.17) is 0 Å². The summed E-state index contributed by atoms with van der Waals surface area (Å²) in [7, 11) is 0. The van der Waals surface area contributed by atoms with Crippen LogP contribution in [0.1, 0.15) is 36.8 Å². The third-order valence-corrected chi connectivity index (χ3v) is 10.8. The van der Waals surface area contributed by atoms with Gasteiger partial charge >= 0.3 is 0 Å². The molecule has 6 unspecified atom stereocenters. The third kappa shape index (κ3) is 3.82. The SMILES string of the molecule is CC12C(=O)N(c3ccccc3)C(=O)C1CC1C(=CCC3C(=O)N(Cc4ccccc4)C(=O)C31)C2c1c(O)ccc2ccccc12. The van der Waals surface area contributed by atoms with E-state index in [1.165, 1.54) is 9.80 Å². The minimum Gasteiger partial charge on any atom is -0.508 e. The average Bonchev–Trinajstić information content (AvgIpc) is 3.42. The monoisotopic (exact) mass is 596 g/mol. The Bertz CT molecular complexity index is 1940. The van der Waals surface area contributed by atoms with E-state index in [1.807, 2.05) is 79.7 Å². The number of rotatable bonds is 4. The highest BCUT2D eigenvalue weighted by atomic mass is 16.3. The molecular formula is C38H32N2O5. The minimum absolute atomic E-state index is 0.0419. The first-order valence-electron chi connectivity index (χ1n) is 15.5. The second kappa shape index (κ2) is 9.99. The number of amides is 4. The van der Waals surface area contributed by atoms with Crippen LogP contribution < -0.4 is 4.90 Å². The lowest BCUT2D eigenvalue weighted by Crippen LogP contribution is -2.49. The van der Waals surface area contributed by atoms with Crippen LogP contribution in [0.4, 0.5) is 5.69 Å². The lowest BCUT2D eigenvalue weighted by molar-refractivity contribution is -0.141. The Morgan fingerprint density at radius 3 is 2.22 bits per heavy atom. The van der Waals surface area contributed by atoms with E-state index in [1.54, 1.807) is 30.3 Å². The van der Waals surface area contributed by atoms with Crippen LogP contribution in [0.25, 0.3) is 10.8 Å². The molecular weight excluding hydrogens is 564 g/mol. The molecule has 3 fully saturated rings. The van der Waals surface area contributed by atoms with Crippen molar-refractivity contribution < 1.29 is 24.3 Å². The van der Waals surface area contributed by atoms with E-state index < -0.39 is 35.0 Å². The van der Waals surface area contributed by atoms with Crippen LogP contribution in [0.3, 0.4) is 0 Å². The fraction of sp³-hybridized carbons (Fsp3) is 0.263. The number of likely N-dealkylation sites (tertiary alicyclic amines) is 1. The number of phenolic OH excluding ortho intramolecular Hbond substituents is 1. The van der Waals surface area contributed by atoms with Crippen molar-refractivity contribution in [2.75, 3.05) is 4.90 Å². The Labute approximate surface area is 260 Å². The molecule has 4 aliphatic rings. The van der Waals surface area contributed by atoms with Gasteiger partial charge in [-0.1, -0.05) is 90.5 Å². The molecule has 224 valence electrons. The first-order valence-corrected chi connectivity index (χ1v) is 15.5. The molecule has 2 heterocycles. The number of benzene rings is 4. The molecule has 2 saturated heterocycles. The highest BCUT2D eigenvalue weighted by Crippen LogP contribution is 2.65. The smallest absolute Gasteiger partial charge is 0.241 e. The minimum atomic E-state index is -1.22. The van der Waals surface area contributed by atoms with E-state index in [9.17, 15) is 24.3 Å². The predicted octanol–water partition coefficient (Wildman–Crippen LogP) is 5.98. The van der Waals surface area contributed by atoms with Crippen molar-refractivity contribution in [1.82, 2.24) is 4.90 Å². The summed E-state index contributed by atoms with van der Waals surface area (Å²) in [6.07, 6.45) is 2.66. The van der Waals surface area contributed by atoms with Crippen LogP contribution in [0.2, 0.25) is 0 Å². The zero-order chi connectivity index (χ0) is 31.0. The summed E-state index contributed by atoms with van der Waals surface area (Å²) >= 11 is 0. The van der Waals surface area contributed by atoms with Crippen molar-refractivity contribution in [1.29, 1.82) is 0 Å². The summed E-state index contributed by atoms with van der Waals surface area (Å²) in [6.45, 7) is 2.04. The molecule has 45 heavy (non-hydrogen) atoms. The van der Waals surface area contributed by atoms with E-state index >= 15 is 0 Å². The molecule has 4 aromatic carbocycles. The van der Waals surface area contributed by atoms with Gasteiger partial charge in [-0.3, -0.25) is 24.1 Å². The quantitative estimate of drug-likeness (QED) is 0.231. The number of phenols is 1. The fourth-order valence-corrected chi connectivity index (χ4v) is 8.72. The van der Waals surface area contributed by atoms with Gasteiger partial charge in [-0.15, -0.1) is 0 Å². The number of nitrogens with zero attached hydrogens (tertiary/aromatic N) is 2. The maximum atomic E-state index is 14.6. The molecule has 7 nitrogen and oxygen atoms in total. The number of para-hydroxylation sites is 1. The topological polar surface area (TPSA) is 95.0 Å². The van der Waals surface area contributed by atoms with E-state index in [0.29, 0.717) is 17.7 Å². The second-order valence-electron chi connectivity index (χ2n) is 13.0. The number of carbonyl (C=O) groups is 4. The third-order valence-electron chi connectivity index (χ3n) is 10.8. The molecule has 8 rings (SSSR count). The molecule has 7 heteroatoms. The van der Waals surface area contributed by atoms with Crippen LogP contribution >= 0.6 is 0 Å². The molecule has 0 aromatic heterocycles. The van der Waals surface area contributed by atoms with E-state index in [2.05, 4.69) is 0 Å². The van der Waals surface area contributed by atoms with Gasteiger partial charge in [0.2, 0.25) is 23.6 Å². The van der Waals surface area contributed by atoms with Gasteiger partial charge < -0.3 is 5.11 Å². The molecule has 1 N–H and O–H groups in total. The summed E-state index contributed by atoms with van der Waals surface area (Å²) in [6, 6.07) is 29.6. The Morgan fingerprint density at radius 1 is 0.778 bits per heavy atom. The first-order chi connectivity index (χ1) is 21.8. The van der Waals surface area contributed by atoms with Crippen LogP contribution in [0.15, 0.2) is 109 Å². The summed E-state index contributed by atoms with van der Waals surface area (Å²) in [5, 5.41) is 13.2. The van der Waals surface area contributed by atoms with Crippen LogP contribution in [-0.4, -0.2) is 33.6 Å². The van der Waals surface area contributed by atoms with Gasteiger partial charge in [-0.05, 0) is 60.2 Å². The van der Waals surface area contributed by atoms with Crippen molar-refractivity contribution in [3.05, 3.63) is 120 Å². The normalized spacial score (nSPS) is 29.1. The average molecular weight is 597 g/mol. The van der Waals surface area contributed by atoms with Gasteiger partial charge in [0.15, 0.2) is 0 Å². The molecule has 0 bridgehead atoms. The number of anilines is 1. The zero-order valence-electron chi connectivity index (χ0n) is 24.8. The molecule has 4 amide bonds. The number of hydrogen-bond acceptors (Lipinski definition) is 5. The Kier molecular flexibility index (Phi) is 6.11. The Hall–Kier alpha value is -5.04. The Morgan fingerprint density at radius 2 is 1.47 bits per heavy atom. The molecule has 4 aromatic rings. The number of fused-ring (bicyclic) bond motifs is 5. The number of imide groups is 2. The van der Waals surface area contributed by atoms with Gasteiger partial charge in [0, 0.05) is 11.5 Å². The number of aromatic hydroxyl groups is 1. The molecule has 6 atom stereocenters. The van der Waals surface area contributed by atoms with Crippen molar-refractivity contribution in [3.8, 4) is 5.75 Å². The molecule has 0 spiro atoms. The zero-order valence-corrected chi connectivity index (χ0v) is 24.8. The van der Waals surface area contributed by atoms with E-state index in [-0.39, 0.29) is 42.3 Å². The molecule has 2 aliphatic heterocycles. The van der Waals surface area contributed by atoms with Crippen LogP contribution in [0.5, 0.6) is 5.75 Å². The predicted molar refractivity (Wildman–Crippen MR) is 169 cm³/mol. The van der Waals surface area contributed by atoms with Gasteiger partial charge in [0.25, 0.3) is 0 Å².